The highest BCUT2D eigenvalue weighted by Crippen LogP contribution is 2.57. The molecule has 2 nitrogen and oxygen atoms in total. The predicted octanol–water partition coefficient (Wildman–Crippen LogP) is 4.93. The fraction of sp³-hybridized carbons (Fsp3) is 0.667. The number of fused-ring (bicyclic) bond motifs is 1. The Morgan fingerprint density at radius 2 is 2.00 bits per heavy atom. The van der Waals surface area contributed by atoms with Crippen LogP contribution < -0.4 is 10.1 Å². The highest BCUT2D eigenvalue weighted by molar-refractivity contribution is 9.10. The molecule has 1 N–H and O–H groups in total. The molecule has 2 aliphatic carbocycles. The summed E-state index contributed by atoms with van der Waals surface area (Å²) < 4.78 is 6.85. The first kappa shape index (κ1) is 15.4. The fourth-order valence-electron chi connectivity index (χ4n) is 3.85. The maximum atomic E-state index is 5.76. The van der Waals surface area contributed by atoms with Crippen LogP contribution in [0.1, 0.15) is 51.1 Å². The van der Waals surface area contributed by atoms with Gasteiger partial charge in [0.15, 0.2) is 0 Å². The van der Waals surface area contributed by atoms with Crippen LogP contribution >= 0.6 is 15.9 Å². The zero-order valence-electron chi connectivity index (χ0n) is 13.1. The van der Waals surface area contributed by atoms with Gasteiger partial charge in [0.25, 0.3) is 0 Å². The van der Waals surface area contributed by atoms with Crippen molar-refractivity contribution in [3.63, 3.8) is 0 Å². The maximum Gasteiger partial charge on any atom is 0.133 e. The van der Waals surface area contributed by atoms with Gasteiger partial charge in [-0.1, -0.05) is 19.9 Å². The van der Waals surface area contributed by atoms with Crippen LogP contribution in [0.3, 0.4) is 0 Å². The number of hydrogen-bond acceptors (Lipinski definition) is 2. The van der Waals surface area contributed by atoms with Crippen LogP contribution in [-0.4, -0.2) is 13.2 Å². The molecule has 3 atom stereocenters. The van der Waals surface area contributed by atoms with Crippen molar-refractivity contribution in [3.05, 3.63) is 28.2 Å². The third-order valence-electron chi connectivity index (χ3n) is 4.95. The van der Waals surface area contributed by atoms with Crippen LogP contribution in [0.4, 0.5) is 0 Å². The molecule has 0 spiro atoms. The first-order valence-electron chi connectivity index (χ1n) is 8.38. The molecule has 0 aliphatic heterocycles. The number of benzene rings is 1. The summed E-state index contributed by atoms with van der Waals surface area (Å²) in [5.74, 6) is 3.84. The second-order valence-corrected chi connectivity index (χ2v) is 7.42. The van der Waals surface area contributed by atoms with Crippen LogP contribution in [0, 0.1) is 17.8 Å². The third-order valence-corrected chi connectivity index (χ3v) is 5.57. The summed E-state index contributed by atoms with van der Waals surface area (Å²) in [5, 5.41) is 3.71. The van der Waals surface area contributed by atoms with E-state index in [0.717, 1.165) is 47.5 Å². The summed E-state index contributed by atoms with van der Waals surface area (Å²) in [6.07, 6.45) is 5.35. The minimum atomic E-state index is 0.499. The highest BCUT2D eigenvalue weighted by Gasteiger charge is 2.47. The molecule has 2 fully saturated rings. The summed E-state index contributed by atoms with van der Waals surface area (Å²) in [5.41, 5.74) is 1.40. The molecule has 2 aliphatic rings. The van der Waals surface area contributed by atoms with Gasteiger partial charge < -0.3 is 10.1 Å². The van der Waals surface area contributed by atoms with Gasteiger partial charge in [-0.2, -0.15) is 0 Å². The first-order chi connectivity index (χ1) is 10.2. The summed E-state index contributed by atoms with van der Waals surface area (Å²) in [6, 6.07) is 7.11. The molecule has 0 amide bonds. The second kappa shape index (κ2) is 6.70. The molecule has 1 aromatic rings. The van der Waals surface area contributed by atoms with Crippen LogP contribution in [0.5, 0.6) is 5.75 Å². The zero-order valence-corrected chi connectivity index (χ0v) is 14.7. The van der Waals surface area contributed by atoms with Gasteiger partial charge in [-0.3, -0.25) is 0 Å². The van der Waals surface area contributed by atoms with E-state index in [2.05, 4.69) is 53.3 Å². The number of ether oxygens (including phenoxy) is 1. The molecule has 21 heavy (non-hydrogen) atoms. The Labute approximate surface area is 136 Å². The van der Waals surface area contributed by atoms with Crippen molar-refractivity contribution >= 4 is 15.9 Å². The SMILES string of the molecule is CCCOc1ccc(C(NCC)C2CC3CC3C2)cc1Br. The van der Waals surface area contributed by atoms with Crippen molar-refractivity contribution in [1.29, 1.82) is 0 Å². The van der Waals surface area contributed by atoms with Gasteiger partial charge in [-0.25, -0.2) is 0 Å². The van der Waals surface area contributed by atoms with Gasteiger partial charge in [-0.05, 0) is 83.6 Å². The lowest BCUT2D eigenvalue weighted by Crippen LogP contribution is -2.27. The van der Waals surface area contributed by atoms with Gasteiger partial charge in [0.05, 0.1) is 11.1 Å². The summed E-state index contributed by atoms with van der Waals surface area (Å²) in [7, 11) is 0. The molecule has 0 heterocycles. The van der Waals surface area contributed by atoms with Crippen molar-refractivity contribution in [2.75, 3.05) is 13.2 Å². The molecule has 3 heteroatoms. The average Bonchev–Trinajstić information content (AvgIpc) is 3.10. The third kappa shape index (κ3) is 3.45. The predicted molar refractivity (Wildman–Crippen MR) is 90.7 cm³/mol. The average molecular weight is 352 g/mol. The van der Waals surface area contributed by atoms with Crippen LogP contribution in [0.25, 0.3) is 0 Å². The van der Waals surface area contributed by atoms with Crippen molar-refractivity contribution in [2.45, 2.75) is 45.6 Å². The highest BCUT2D eigenvalue weighted by atomic mass is 79.9. The molecule has 0 saturated heterocycles. The Morgan fingerprint density at radius 1 is 1.24 bits per heavy atom. The summed E-state index contributed by atoms with van der Waals surface area (Å²) in [4.78, 5) is 0. The van der Waals surface area contributed by atoms with Crippen molar-refractivity contribution < 1.29 is 4.74 Å². The van der Waals surface area contributed by atoms with E-state index in [-0.39, 0.29) is 0 Å². The molecule has 3 rings (SSSR count). The molecule has 0 radical (unpaired) electrons. The standard InChI is InChI=1S/C18H26BrNO/c1-3-7-21-17-6-5-12(11-16(17)19)18(20-4-2)15-9-13-8-14(13)10-15/h5-6,11,13-15,18,20H,3-4,7-10H2,1-2H3. The van der Waals surface area contributed by atoms with Gasteiger partial charge in [0, 0.05) is 6.04 Å². The lowest BCUT2D eigenvalue weighted by atomic mass is 9.89. The molecule has 0 bridgehead atoms. The lowest BCUT2D eigenvalue weighted by molar-refractivity contribution is 0.314. The van der Waals surface area contributed by atoms with Crippen LogP contribution in [0.2, 0.25) is 0 Å². The largest absolute Gasteiger partial charge is 0.492 e. The van der Waals surface area contributed by atoms with E-state index in [1.165, 1.54) is 24.8 Å². The summed E-state index contributed by atoms with van der Waals surface area (Å²) in [6.45, 7) is 6.15. The Bertz CT molecular complexity index is 480. The lowest BCUT2D eigenvalue weighted by Gasteiger charge is -2.26. The molecular weight excluding hydrogens is 326 g/mol. The number of halogens is 1. The van der Waals surface area contributed by atoms with E-state index in [1.807, 2.05) is 0 Å². The van der Waals surface area contributed by atoms with E-state index < -0.39 is 0 Å². The molecule has 3 unspecified atom stereocenters. The van der Waals surface area contributed by atoms with E-state index >= 15 is 0 Å². The molecule has 1 aromatic carbocycles. The van der Waals surface area contributed by atoms with Gasteiger partial charge in [0.2, 0.25) is 0 Å². The van der Waals surface area contributed by atoms with Crippen LogP contribution in [0.15, 0.2) is 22.7 Å². The van der Waals surface area contributed by atoms with E-state index in [1.54, 1.807) is 0 Å². The minimum absolute atomic E-state index is 0.499. The summed E-state index contributed by atoms with van der Waals surface area (Å²) >= 11 is 3.67. The Kier molecular flexibility index (Phi) is 4.90. The fourth-order valence-corrected chi connectivity index (χ4v) is 4.36. The van der Waals surface area contributed by atoms with Gasteiger partial charge >= 0.3 is 0 Å². The molecular formula is C18H26BrNO. The number of rotatable bonds is 7. The topological polar surface area (TPSA) is 21.3 Å². The Hall–Kier alpha value is -0.540. The monoisotopic (exact) mass is 351 g/mol. The zero-order chi connectivity index (χ0) is 14.8. The minimum Gasteiger partial charge on any atom is -0.492 e. The van der Waals surface area contributed by atoms with Gasteiger partial charge in [-0.15, -0.1) is 0 Å². The quantitative estimate of drug-likeness (QED) is 0.751. The number of hydrogen-bond donors (Lipinski definition) is 1. The molecule has 116 valence electrons. The van der Waals surface area contributed by atoms with Crippen LogP contribution in [-0.2, 0) is 0 Å². The second-order valence-electron chi connectivity index (χ2n) is 6.56. The van der Waals surface area contributed by atoms with E-state index in [4.69, 9.17) is 4.74 Å². The molecule has 2 saturated carbocycles. The normalized spacial score (nSPS) is 28.2. The van der Waals surface area contributed by atoms with E-state index in [0.29, 0.717) is 6.04 Å². The smallest absolute Gasteiger partial charge is 0.133 e. The first-order valence-corrected chi connectivity index (χ1v) is 9.17. The van der Waals surface area contributed by atoms with Gasteiger partial charge in [0.1, 0.15) is 5.75 Å². The number of nitrogens with one attached hydrogen (secondary N) is 1. The Morgan fingerprint density at radius 3 is 2.62 bits per heavy atom. The maximum absolute atomic E-state index is 5.76. The van der Waals surface area contributed by atoms with Crippen molar-refractivity contribution in [2.24, 2.45) is 17.8 Å². The Balaban J connectivity index is 1.74. The van der Waals surface area contributed by atoms with Crippen molar-refractivity contribution in [1.82, 2.24) is 5.32 Å². The molecule has 0 aromatic heterocycles. The van der Waals surface area contributed by atoms with E-state index in [9.17, 15) is 0 Å². The van der Waals surface area contributed by atoms with Crippen molar-refractivity contribution in [3.8, 4) is 5.75 Å².